The van der Waals surface area contributed by atoms with Crippen LogP contribution in [0.1, 0.15) is 32.8 Å². The molecule has 6 nitrogen and oxygen atoms in total. The van der Waals surface area contributed by atoms with E-state index in [9.17, 15) is 9.59 Å². The third-order valence-corrected chi connectivity index (χ3v) is 5.61. The second-order valence-electron chi connectivity index (χ2n) is 5.98. The fourth-order valence-electron chi connectivity index (χ4n) is 3.09. The second kappa shape index (κ2) is 8.26. The van der Waals surface area contributed by atoms with Gasteiger partial charge >= 0.3 is 5.97 Å². The van der Waals surface area contributed by atoms with E-state index < -0.39 is 5.97 Å². The molecular weight excluding hydrogens is 366 g/mol. The van der Waals surface area contributed by atoms with Gasteiger partial charge in [-0.05, 0) is 43.0 Å². The number of hydrogen-bond acceptors (Lipinski definition) is 6. The van der Waals surface area contributed by atoms with Crippen molar-refractivity contribution in [1.29, 1.82) is 0 Å². The van der Waals surface area contributed by atoms with Crippen molar-refractivity contribution in [3.05, 3.63) is 45.8 Å². The quantitative estimate of drug-likeness (QED) is 0.604. The van der Waals surface area contributed by atoms with Crippen LogP contribution in [-0.2, 0) is 22.4 Å². The van der Waals surface area contributed by atoms with E-state index in [-0.39, 0.29) is 5.91 Å². The van der Waals surface area contributed by atoms with Crippen LogP contribution < -0.4 is 14.8 Å². The van der Waals surface area contributed by atoms with Gasteiger partial charge in [-0.1, -0.05) is 0 Å². The van der Waals surface area contributed by atoms with Gasteiger partial charge in [0, 0.05) is 22.6 Å². The number of fused-ring (bicyclic) bond motifs is 1. The molecule has 0 atom stereocenters. The lowest BCUT2D eigenvalue weighted by Crippen LogP contribution is -2.12. The molecule has 0 radical (unpaired) electrons. The van der Waals surface area contributed by atoms with Crippen LogP contribution in [0.4, 0.5) is 5.00 Å². The lowest BCUT2D eigenvalue weighted by molar-refractivity contribution is -0.111. The Morgan fingerprint density at radius 1 is 1.15 bits per heavy atom. The Morgan fingerprint density at radius 2 is 1.96 bits per heavy atom. The van der Waals surface area contributed by atoms with Crippen LogP contribution in [0.2, 0.25) is 0 Å². The first-order valence-electron chi connectivity index (χ1n) is 8.51. The van der Waals surface area contributed by atoms with E-state index in [4.69, 9.17) is 14.2 Å². The molecule has 1 aliphatic carbocycles. The number of methoxy groups -OCH3 is 3. The van der Waals surface area contributed by atoms with Gasteiger partial charge in [0.2, 0.25) is 5.91 Å². The van der Waals surface area contributed by atoms with Crippen molar-refractivity contribution in [2.24, 2.45) is 0 Å². The van der Waals surface area contributed by atoms with E-state index in [0.717, 1.165) is 35.3 Å². The molecule has 0 saturated carbocycles. The molecule has 1 aliphatic rings. The van der Waals surface area contributed by atoms with E-state index in [1.165, 1.54) is 24.5 Å². The zero-order valence-electron chi connectivity index (χ0n) is 15.5. The fourth-order valence-corrected chi connectivity index (χ4v) is 4.37. The fraction of sp³-hybridized carbons (Fsp3) is 0.300. The van der Waals surface area contributed by atoms with E-state index >= 15 is 0 Å². The predicted octanol–water partition coefficient (Wildman–Crippen LogP) is 3.69. The topological polar surface area (TPSA) is 73.9 Å². The highest BCUT2D eigenvalue weighted by Crippen LogP contribution is 2.39. The number of thiophene rings is 1. The summed E-state index contributed by atoms with van der Waals surface area (Å²) in [5.74, 6) is 0.538. The van der Waals surface area contributed by atoms with Gasteiger partial charge < -0.3 is 19.5 Å². The third kappa shape index (κ3) is 3.98. The molecule has 27 heavy (non-hydrogen) atoms. The summed E-state index contributed by atoms with van der Waals surface area (Å²) < 4.78 is 15.4. The number of benzene rings is 1. The standard InChI is InChI=1S/C20H21NO5S/c1-24-13-9-7-12(15(11-13)25-2)8-10-17(22)21-19-18(20(23)26-3)14-5-4-6-16(14)27-19/h7-11H,4-6H2,1-3H3,(H,21,22). The maximum absolute atomic E-state index is 12.4. The molecular formula is C20H21NO5S. The monoisotopic (exact) mass is 387 g/mol. The Hall–Kier alpha value is -2.80. The van der Waals surface area contributed by atoms with Crippen LogP contribution in [0.15, 0.2) is 24.3 Å². The molecule has 1 aromatic carbocycles. The van der Waals surface area contributed by atoms with Crippen LogP contribution in [0, 0.1) is 0 Å². The van der Waals surface area contributed by atoms with Gasteiger partial charge in [0.15, 0.2) is 0 Å². The smallest absolute Gasteiger partial charge is 0.341 e. The molecule has 0 fully saturated rings. The number of esters is 1. The van der Waals surface area contributed by atoms with Gasteiger partial charge in [0.1, 0.15) is 16.5 Å². The highest BCUT2D eigenvalue weighted by molar-refractivity contribution is 7.17. The van der Waals surface area contributed by atoms with Crippen LogP contribution in [-0.4, -0.2) is 33.2 Å². The van der Waals surface area contributed by atoms with Gasteiger partial charge in [-0.15, -0.1) is 11.3 Å². The summed E-state index contributed by atoms with van der Waals surface area (Å²) in [6.07, 6.45) is 5.86. The van der Waals surface area contributed by atoms with Crippen molar-refractivity contribution < 1.29 is 23.8 Å². The van der Waals surface area contributed by atoms with Gasteiger partial charge in [0.25, 0.3) is 0 Å². The first kappa shape index (κ1) is 19.0. The van der Waals surface area contributed by atoms with Crippen molar-refractivity contribution in [2.75, 3.05) is 26.6 Å². The summed E-state index contributed by atoms with van der Waals surface area (Å²) >= 11 is 1.45. The van der Waals surface area contributed by atoms with E-state index in [1.807, 2.05) is 0 Å². The van der Waals surface area contributed by atoms with Crippen molar-refractivity contribution in [3.8, 4) is 11.5 Å². The summed E-state index contributed by atoms with van der Waals surface area (Å²) in [4.78, 5) is 25.7. The minimum Gasteiger partial charge on any atom is -0.497 e. The molecule has 7 heteroatoms. The first-order chi connectivity index (χ1) is 13.1. The molecule has 1 amide bonds. The molecule has 1 N–H and O–H groups in total. The molecule has 1 aromatic heterocycles. The molecule has 0 bridgehead atoms. The Morgan fingerprint density at radius 3 is 2.67 bits per heavy atom. The number of rotatable bonds is 6. The molecule has 1 heterocycles. The van der Waals surface area contributed by atoms with Crippen LogP contribution in [0.25, 0.3) is 6.08 Å². The average molecular weight is 387 g/mol. The Kier molecular flexibility index (Phi) is 5.81. The SMILES string of the molecule is COC(=O)c1c(NC(=O)C=Cc2ccc(OC)cc2OC)sc2c1CCC2. The summed E-state index contributed by atoms with van der Waals surface area (Å²) in [6, 6.07) is 5.34. The lowest BCUT2D eigenvalue weighted by Gasteiger charge is -2.07. The van der Waals surface area contributed by atoms with Crippen molar-refractivity contribution in [3.63, 3.8) is 0 Å². The van der Waals surface area contributed by atoms with Crippen molar-refractivity contribution >= 4 is 34.3 Å². The zero-order valence-corrected chi connectivity index (χ0v) is 16.3. The molecule has 2 aromatic rings. The Balaban J connectivity index is 1.79. The van der Waals surface area contributed by atoms with Gasteiger partial charge in [-0.25, -0.2) is 4.79 Å². The van der Waals surface area contributed by atoms with E-state index in [1.54, 1.807) is 38.5 Å². The lowest BCUT2D eigenvalue weighted by atomic mass is 10.1. The Labute approximate surface area is 161 Å². The van der Waals surface area contributed by atoms with Crippen molar-refractivity contribution in [2.45, 2.75) is 19.3 Å². The van der Waals surface area contributed by atoms with E-state index in [2.05, 4.69) is 5.32 Å². The predicted molar refractivity (Wildman–Crippen MR) is 105 cm³/mol. The number of nitrogens with one attached hydrogen (secondary N) is 1. The zero-order chi connectivity index (χ0) is 19.4. The highest BCUT2D eigenvalue weighted by Gasteiger charge is 2.27. The molecule has 0 unspecified atom stereocenters. The van der Waals surface area contributed by atoms with E-state index in [0.29, 0.717) is 22.1 Å². The van der Waals surface area contributed by atoms with Gasteiger partial charge in [0.05, 0.1) is 26.9 Å². The summed E-state index contributed by atoms with van der Waals surface area (Å²) in [6.45, 7) is 0. The molecule has 0 aliphatic heterocycles. The first-order valence-corrected chi connectivity index (χ1v) is 9.33. The largest absolute Gasteiger partial charge is 0.497 e. The van der Waals surface area contributed by atoms with Crippen molar-refractivity contribution in [1.82, 2.24) is 0 Å². The van der Waals surface area contributed by atoms with Gasteiger partial charge in [-0.3, -0.25) is 4.79 Å². The molecule has 142 valence electrons. The minimum atomic E-state index is -0.412. The minimum absolute atomic E-state index is 0.321. The summed E-state index contributed by atoms with van der Waals surface area (Å²) in [7, 11) is 4.49. The maximum atomic E-state index is 12.4. The third-order valence-electron chi connectivity index (χ3n) is 4.40. The molecule has 0 spiro atoms. The summed E-state index contributed by atoms with van der Waals surface area (Å²) in [5, 5.41) is 3.36. The second-order valence-corrected chi connectivity index (χ2v) is 7.09. The number of carbonyl (C=O) groups excluding carboxylic acids is 2. The maximum Gasteiger partial charge on any atom is 0.341 e. The van der Waals surface area contributed by atoms with Crippen LogP contribution in [0.3, 0.4) is 0 Å². The highest BCUT2D eigenvalue weighted by atomic mass is 32.1. The summed E-state index contributed by atoms with van der Waals surface area (Å²) in [5.41, 5.74) is 2.23. The number of anilines is 1. The number of hydrogen-bond donors (Lipinski definition) is 1. The molecule has 3 rings (SSSR count). The molecule has 0 saturated heterocycles. The Bertz CT molecular complexity index is 900. The van der Waals surface area contributed by atoms with Crippen LogP contribution >= 0.6 is 11.3 Å². The number of ether oxygens (including phenoxy) is 3. The number of aryl methyl sites for hydroxylation is 1. The van der Waals surface area contributed by atoms with Crippen LogP contribution in [0.5, 0.6) is 11.5 Å². The number of amides is 1. The number of carbonyl (C=O) groups is 2. The van der Waals surface area contributed by atoms with Gasteiger partial charge in [-0.2, -0.15) is 0 Å². The normalized spacial score (nSPS) is 12.7. The average Bonchev–Trinajstić information content (AvgIpc) is 3.26.